The third-order valence-corrected chi connectivity index (χ3v) is 3.36. The van der Waals surface area contributed by atoms with E-state index in [9.17, 15) is 4.79 Å². The highest BCUT2D eigenvalue weighted by Gasteiger charge is 2.11. The molecule has 0 aliphatic heterocycles. The Hall–Kier alpha value is -1.51. The van der Waals surface area contributed by atoms with Crippen molar-refractivity contribution >= 4 is 34.8 Å². The van der Waals surface area contributed by atoms with Gasteiger partial charge in [0.2, 0.25) is 5.91 Å². The molecule has 0 bridgehead atoms. The van der Waals surface area contributed by atoms with Crippen LogP contribution in [0.5, 0.6) is 0 Å². The van der Waals surface area contributed by atoms with E-state index in [-0.39, 0.29) is 5.91 Å². The fourth-order valence-electron chi connectivity index (χ4n) is 1.70. The summed E-state index contributed by atoms with van der Waals surface area (Å²) in [6, 6.07) is 14.5. The van der Waals surface area contributed by atoms with Crippen LogP contribution in [0.25, 0.3) is 0 Å². The molecule has 2 nitrogen and oxygen atoms in total. The van der Waals surface area contributed by atoms with Crippen molar-refractivity contribution in [1.82, 2.24) is 0 Å². The summed E-state index contributed by atoms with van der Waals surface area (Å²) in [5.41, 5.74) is 1.76. The van der Waals surface area contributed by atoms with Crippen LogP contribution in [0.2, 0.25) is 10.0 Å². The Morgan fingerprint density at radius 3 is 1.95 bits per heavy atom. The monoisotopic (exact) mass is 293 g/mol. The molecule has 0 saturated carbocycles. The average Bonchev–Trinajstić information content (AvgIpc) is 2.41. The fourth-order valence-corrected chi connectivity index (χ4v) is 1.96. The molecule has 0 aliphatic rings. The van der Waals surface area contributed by atoms with Crippen LogP contribution >= 0.6 is 23.2 Å². The lowest BCUT2D eigenvalue weighted by Gasteiger charge is -2.17. The number of rotatable bonds is 3. The highest BCUT2D eigenvalue weighted by molar-refractivity contribution is 6.30. The second-order valence-corrected chi connectivity index (χ2v) is 5.11. The number of halogens is 2. The zero-order chi connectivity index (χ0) is 13.8. The van der Waals surface area contributed by atoms with Gasteiger partial charge in [-0.2, -0.15) is 0 Å². The van der Waals surface area contributed by atoms with Gasteiger partial charge in [0, 0.05) is 22.8 Å². The average molecular weight is 294 g/mol. The zero-order valence-electron chi connectivity index (χ0n) is 10.4. The SMILES string of the molecule is CN(C(=O)Cc1ccc(Cl)cc1)c1ccc(Cl)cc1. The molecule has 0 aliphatic carbocycles. The first kappa shape index (κ1) is 13.9. The summed E-state index contributed by atoms with van der Waals surface area (Å²) in [6.07, 6.45) is 0.344. The topological polar surface area (TPSA) is 20.3 Å². The van der Waals surface area contributed by atoms with Crippen LogP contribution in [0.1, 0.15) is 5.56 Å². The van der Waals surface area contributed by atoms with Gasteiger partial charge in [-0.3, -0.25) is 4.79 Å². The van der Waals surface area contributed by atoms with E-state index in [1.54, 1.807) is 36.2 Å². The van der Waals surface area contributed by atoms with E-state index >= 15 is 0 Å². The maximum atomic E-state index is 12.1. The van der Waals surface area contributed by atoms with Crippen LogP contribution in [0.4, 0.5) is 5.69 Å². The molecule has 2 aromatic rings. The zero-order valence-corrected chi connectivity index (χ0v) is 11.9. The van der Waals surface area contributed by atoms with Gasteiger partial charge >= 0.3 is 0 Å². The Labute approximate surface area is 122 Å². The molecule has 0 heterocycles. The lowest BCUT2D eigenvalue weighted by atomic mass is 10.1. The Morgan fingerprint density at radius 1 is 0.947 bits per heavy atom. The molecule has 2 rings (SSSR count). The van der Waals surface area contributed by atoms with E-state index in [4.69, 9.17) is 23.2 Å². The van der Waals surface area contributed by atoms with Crippen molar-refractivity contribution in [2.24, 2.45) is 0 Å². The maximum absolute atomic E-state index is 12.1. The summed E-state index contributed by atoms with van der Waals surface area (Å²) in [5.74, 6) is 0.0182. The molecular weight excluding hydrogens is 281 g/mol. The normalized spacial score (nSPS) is 10.3. The smallest absolute Gasteiger partial charge is 0.231 e. The summed E-state index contributed by atoms with van der Waals surface area (Å²) in [7, 11) is 1.75. The number of anilines is 1. The number of amides is 1. The fraction of sp³-hybridized carbons (Fsp3) is 0.133. The molecule has 19 heavy (non-hydrogen) atoms. The number of carbonyl (C=O) groups is 1. The number of nitrogens with zero attached hydrogens (tertiary/aromatic N) is 1. The maximum Gasteiger partial charge on any atom is 0.231 e. The molecule has 2 aromatic carbocycles. The van der Waals surface area contributed by atoms with Crippen molar-refractivity contribution in [3.05, 3.63) is 64.1 Å². The van der Waals surface area contributed by atoms with E-state index in [0.29, 0.717) is 16.5 Å². The van der Waals surface area contributed by atoms with Crippen molar-refractivity contribution < 1.29 is 4.79 Å². The molecule has 4 heteroatoms. The van der Waals surface area contributed by atoms with Crippen molar-refractivity contribution in [2.45, 2.75) is 6.42 Å². The molecule has 0 spiro atoms. The number of likely N-dealkylation sites (N-methyl/N-ethyl adjacent to an activating group) is 1. The largest absolute Gasteiger partial charge is 0.315 e. The Balaban J connectivity index is 2.07. The minimum Gasteiger partial charge on any atom is -0.315 e. The van der Waals surface area contributed by atoms with Crippen LogP contribution in [-0.4, -0.2) is 13.0 Å². The highest BCUT2D eigenvalue weighted by atomic mass is 35.5. The molecule has 0 fully saturated rings. The molecule has 1 amide bonds. The molecule has 0 saturated heterocycles. The number of carbonyl (C=O) groups excluding carboxylic acids is 1. The first-order valence-corrected chi connectivity index (χ1v) is 6.58. The number of hydrogen-bond acceptors (Lipinski definition) is 1. The van der Waals surface area contributed by atoms with Crippen LogP contribution in [0, 0.1) is 0 Å². The van der Waals surface area contributed by atoms with Crippen LogP contribution in [0.15, 0.2) is 48.5 Å². The Bertz CT molecular complexity index is 564. The van der Waals surface area contributed by atoms with Gasteiger partial charge in [-0.25, -0.2) is 0 Å². The standard InChI is InChI=1S/C15H13Cl2NO/c1-18(14-8-6-13(17)7-9-14)15(19)10-11-2-4-12(16)5-3-11/h2-9H,10H2,1H3. The quantitative estimate of drug-likeness (QED) is 0.831. The summed E-state index contributed by atoms with van der Waals surface area (Å²) in [4.78, 5) is 13.8. The molecular formula is C15H13Cl2NO. The van der Waals surface area contributed by atoms with Crippen molar-refractivity contribution in [2.75, 3.05) is 11.9 Å². The Morgan fingerprint density at radius 2 is 1.42 bits per heavy atom. The number of hydrogen-bond donors (Lipinski definition) is 0. The Kier molecular flexibility index (Phi) is 4.46. The first-order chi connectivity index (χ1) is 9.06. The molecule has 0 radical (unpaired) electrons. The predicted molar refractivity (Wildman–Crippen MR) is 80.0 cm³/mol. The van der Waals surface area contributed by atoms with Gasteiger partial charge in [0.25, 0.3) is 0 Å². The van der Waals surface area contributed by atoms with Gasteiger partial charge in [-0.05, 0) is 42.0 Å². The highest BCUT2D eigenvalue weighted by Crippen LogP contribution is 2.18. The second kappa shape index (κ2) is 6.09. The molecule has 0 N–H and O–H groups in total. The third kappa shape index (κ3) is 3.72. The van der Waals surface area contributed by atoms with E-state index in [0.717, 1.165) is 11.3 Å². The van der Waals surface area contributed by atoms with Gasteiger partial charge in [-0.1, -0.05) is 35.3 Å². The van der Waals surface area contributed by atoms with E-state index < -0.39 is 0 Å². The minimum absolute atomic E-state index is 0.0182. The van der Waals surface area contributed by atoms with Crippen LogP contribution in [-0.2, 0) is 11.2 Å². The van der Waals surface area contributed by atoms with Gasteiger partial charge < -0.3 is 4.90 Å². The molecule has 0 unspecified atom stereocenters. The predicted octanol–water partition coefficient (Wildman–Crippen LogP) is 4.20. The van der Waals surface area contributed by atoms with E-state index in [2.05, 4.69) is 0 Å². The lowest BCUT2D eigenvalue weighted by Crippen LogP contribution is -2.27. The summed E-state index contributed by atoms with van der Waals surface area (Å²) >= 11 is 11.6. The van der Waals surface area contributed by atoms with E-state index in [1.807, 2.05) is 24.3 Å². The molecule has 0 aromatic heterocycles. The minimum atomic E-state index is 0.0182. The van der Waals surface area contributed by atoms with Crippen molar-refractivity contribution in [3.63, 3.8) is 0 Å². The third-order valence-electron chi connectivity index (χ3n) is 2.86. The summed E-state index contributed by atoms with van der Waals surface area (Å²) < 4.78 is 0. The molecule has 0 atom stereocenters. The second-order valence-electron chi connectivity index (χ2n) is 4.23. The van der Waals surface area contributed by atoms with Crippen LogP contribution < -0.4 is 4.90 Å². The lowest BCUT2D eigenvalue weighted by molar-refractivity contribution is -0.117. The van der Waals surface area contributed by atoms with Crippen molar-refractivity contribution in [3.8, 4) is 0 Å². The molecule has 98 valence electrons. The van der Waals surface area contributed by atoms with Gasteiger partial charge in [-0.15, -0.1) is 0 Å². The van der Waals surface area contributed by atoms with Gasteiger partial charge in [0.15, 0.2) is 0 Å². The first-order valence-electron chi connectivity index (χ1n) is 5.83. The van der Waals surface area contributed by atoms with E-state index in [1.165, 1.54) is 0 Å². The number of benzene rings is 2. The van der Waals surface area contributed by atoms with Crippen molar-refractivity contribution in [1.29, 1.82) is 0 Å². The summed E-state index contributed by atoms with van der Waals surface area (Å²) in [5, 5.41) is 1.32. The summed E-state index contributed by atoms with van der Waals surface area (Å²) in [6.45, 7) is 0. The van der Waals surface area contributed by atoms with Crippen LogP contribution in [0.3, 0.4) is 0 Å². The van der Waals surface area contributed by atoms with Gasteiger partial charge in [0.1, 0.15) is 0 Å². The van der Waals surface area contributed by atoms with Gasteiger partial charge in [0.05, 0.1) is 6.42 Å².